The quantitative estimate of drug-likeness (QED) is 0.619. The van der Waals surface area contributed by atoms with Gasteiger partial charge < -0.3 is 5.32 Å². The van der Waals surface area contributed by atoms with Crippen LogP contribution in [0.1, 0.15) is 12.5 Å². The minimum absolute atomic E-state index is 0. The summed E-state index contributed by atoms with van der Waals surface area (Å²) in [6.45, 7) is 4.95. The summed E-state index contributed by atoms with van der Waals surface area (Å²) >= 11 is 1.89. The third kappa shape index (κ3) is 3.76. The molecule has 18 heavy (non-hydrogen) atoms. The largest absolute Gasteiger partial charge is 0.312 e. The van der Waals surface area contributed by atoms with Crippen LogP contribution in [0.2, 0.25) is 0 Å². The molecule has 0 spiro atoms. The van der Waals surface area contributed by atoms with E-state index in [0.29, 0.717) is 16.2 Å². The first-order valence-corrected chi connectivity index (χ1v) is 6.74. The van der Waals surface area contributed by atoms with Crippen molar-refractivity contribution in [3.05, 3.63) is 32.9 Å². The molecule has 0 radical (unpaired) electrons. The topological polar surface area (TPSA) is 15.3 Å². The number of piperazine rings is 1. The highest BCUT2D eigenvalue weighted by Crippen LogP contribution is 2.20. The van der Waals surface area contributed by atoms with Crippen LogP contribution in [0.4, 0.5) is 8.78 Å². The van der Waals surface area contributed by atoms with Crippen LogP contribution in [0.5, 0.6) is 0 Å². The SMILES string of the molecule is CC1CN(Cc2c(F)ccc(I)c2F)CCN1.Cl. The second kappa shape index (κ2) is 6.98. The van der Waals surface area contributed by atoms with E-state index in [1.165, 1.54) is 12.1 Å². The Bertz CT molecular complexity index is 417. The monoisotopic (exact) mass is 388 g/mol. The number of rotatable bonds is 2. The molecule has 0 bridgehead atoms. The van der Waals surface area contributed by atoms with Gasteiger partial charge in [-0.25, -0.2) is 8.78 Å². The van der Waals surface area contributed by atoms with Crippen LogP contribution in [0, 0.1) is 15.2 Å². The van der Waals surface area contributed by atoms with Crippen molar-refractivity contribution in [2.45, 2.75) is 19.5 Å². The van der Waals surface area contributed by atoms with Crippen molar-refractivity contribution in [3.8, 4) is 0 Å². The molecule has 1 atom stereocenters. The van der Waals surface area contributed by atoms with E-state index >= 15 is 0 Å². The lowest BCUT2D eigenvalue weighted by atomic mass is 10.1. The summed E-state index contributed by atoms with van der Waals surface area (Å²) in [5.74, 6) is -0.870. The fourth-order valence-corrected chi connectivity index (χ4v) is 2.60. The predicted octanol–water partition coefficient (Wildman–Crippen LogP) is 2.78. The summed E-state index contributed by atoms with van der Waals surface area (Å²) in [6, 6.07) is 3.18. The van der Waals surface area contributed by atoms with Gasteiger partial charge in [0.15, 0.2) is 0 Å². The Morgan fingerprint density at radius 2 is 2.17 bits per heavy atom. The van der Waals surface area contributed by atoms with Crippen LogP contribution >= 0.6 is 35.0 Å². The summed E-state index contributed by atoms with van der Waals surface area (Å²) in [7, 11) is 0. The predicted molar refractivity (Wildman–Crippen MR) is 79.1 cm³/mol. The molecule has 0 amide bonds. The first kappa shape index (κ1) is 16.1. The van der Waals surface area contributed by atoms with Crippen molar-refractivity contribution < 1.29 is 8.78 Å². The van der Waals surface area contributed by atoms with E-state index in [1.54, 1.807) is 0 Å². The Labute approximate surface area is 126 Å². The van der Waals surface area contributed by atoms with E-state index in [-0.39, 0.29) is 18.0 Å². The van der Waals surface area contributed by atoms with E-state index in [9.17, 15) is 8.78 Å². The number of halogens is 4. The second-order valence-corrected chi connectivity index (χ2v) is 5.57. The Morgan fingerprint density at radius 3 is 2.83 bits per heavy atom. The zero-order valence-corrected chi connectivity index (χ0v) is 13.0. The minimum atomic E-state index is -0.450. The molecule has 1 fully saturated rings. The second-order valence-electron chi connectivity index (χ2n) is 4.41. The molecule has 1 N–H and O–H groups in total. The van der Waals surface area contributed by atoms with E-state index in [1.807, 2.05) is 22.6 Å². The summed E-state index contributed by atoms with van der Waals surface area (Å²) < 4.78 is 27.9. The highest BCUT2D eigenvalue weighted by atomic mass is 127. The molecule has 1 aromatic rings. The Kier molecular flexibility index (Phi) is 6.23. The number of benzene rings is 1. The van der Waals surface area contributed by atoms with Crippen LogP contribution in [0.25, 0.3) is 0 Å². The average molecular weight is 389 g/mol. The summed E-state index contributed by atoms with van der Waals surface area (Å²) in [4.78, 5) is 2.08. The van der Waals surface area contributed by atoms with Crippen molar-refractivity contribution in [2.24, 2.45) is 0 Å². The van der Waals surface area contributed by atoms with Crippen molar-refractivity contribution >= 4 is 35.0 Å². The lowest BCUT2D eigenvalue weighted by Crippen LogP contribution is -2.48. The zero-order valence-electron chi connectivity index (χ0n) is 10.0. The highest BCUT2D eigenvalue weighted by molar-refractivity contribution is 14.1. The zero-order chi connectivity index (χ0) is 12.4. The Hall–Kier alpha value is 0.0200. The van der Waals surface area contributed by atoms with Gasteiger partial charge >= 0.3 is 0 Å². The first-order valence-electron chi connectivity index (χ1n) is 5.66. The number of hydrogen-bond acceptors (Lipinski definition) is 2. The molecule has 102 valence electrons. The molecule has 1 saturated heterocycles. The fourth-order valence-electron chi connectivity index (χ4n) is 2.09. The molecule has 0 aromatic heterocycles. The number of nitrogens with zero attached hydrogens (tertiary/aromatic N) is 1. The van der Waals surface area contributed by atoms with E-state index in [4.69, 9.17) is 0 Å². The molecule has 1 aromatic carbocycles. The van der Waals surface area contributed by atoms with E-state index in [2.05, 4.69) is 17.1 Å². The molecular weight excluding hydrogens is 372 g/mol. The minimum Gasteiger partial charge on any atom is -0.312 e. The Morgan fingerprint density at radius 1 is 1.44 bits per heavy atom. The molecule has 1 aliphatic heterocycles. The smallest absolute Gasteiger partial charge is 0.143 e. The maximum Gasteiger partial charge on any atom is 0.143 e. The highest BCUT2D eigenvalue weighted by Gasteiger charge is 2.20. The molecule has 1 aliphatic rings. The van der Waals surface area contributed by atoms with Gasteiger partial charge in [0.25, 0.3) is 0 Å². The van der Waals surface area contributed by atoms with Gasteiger partial charge in [0, 0.05) is 41.4 Å². The maximum absolute atomic E-state index is 13.8. The molecule has 2 nitrogen and oxygen atoms in total. The lowest BCUT2D eigenvalue weighted by molar-refractivity contribution is 0.195. The van der Waals surface area contributed by atoms with Crippen LogP contribution in [0.15, 0.2) is 12.1 Å². The molecule has 1 heterocycles. The van der Waals surface area contributed by atoms with Gasteiger partial charge in [-0.1, -0.05) is 0 Å². The van der Waals surface area contributed by atoms with Gasteiger partial charge in [-0.15, -0.1) is 12.4 Å². The van der Waals surface area contributed by atoms with Crippen molar-refractivity contribution in [3.63, 3.8) is 0 Å². The third-order valence-corrected chi connectivity index (χ3v) is 3.81. The summed E-state index contributed by atoms with van der Waals surface area (Å²) in [6.07, 6.45) is 0. The number of nitrogens with one attached hydrogen (secondary N) is 1. The van der Waals surface area contributed by atoms with Crippen LogP contribution in [-0.4, -0.2) is 30.6 Å². The van der Waals surface area contributed by atoms with Crippen molar-refractivity contribution in [2.75, 3.05) is 19.6 Å². The van der Waals surface area contributed by atoms with Crippen molar-refractivity contribution in [1.29, 1.82) is 0 Å². The van der Waals surface area contributed by atoms with Gasteiger partial charge in [0.05, 0.1) is 0 Å². The normalized spacial score (nSPS) is 20.6. The fraction of sp³-hybridized carbons (Fsp3) is 0.500. The maximum atomic E-state index is 13.8. The number of hydrogen-bond donors (Lipinski definition) is 1. The molecule has 0 saturated carbocycles. The summed E-state index contributed by atoms with van der Waals surface area (Å²) in [5, 5.41) is 3.31. The van der Waals surface area contributed by atoms with E-state index < -0.39 is 11.6 Å². The summed E-state index contributed by atoms with van der Waals surface area (Å²) in [5.41, 5.74) is 0.186. The lowest BCUT2D eigenvalue weighted by Gasteiger charge is -2.32. The molecule has 6 heteroatoms. The molecule has 1 unspecified atom stereocenters. The van der Waals surface area contributed by atoms with Crippen LogP contribution < -0.4 is 5.32 Å². The van der Waals surface area contributed by atoms with Gasteiger partial charge in [0.1, 0.15) is 11.6 Å². The average Bonchev–Trinajstić information content (AvgIpc) is 2.30. The van der Waals surface area contributed by atoms with E-state index in [0.717, 1.165) is 19.6 Å². The van der Waals surface area contributed by atoms with Crippen molar-refractivity contribution in [1.82, 2.24) is 10.2 Å². The van der Waals surface area contributed by atoms with Crippen LogP contribution in [-0.2, 0) is 6.54 Å². The van der Waals surface area contributed by atoms with Gasteiger partial charge in [-0.3, -0.25) is 4.90 Å². The van der Waals surface area contributed by atoms with Gasteiger partial charge in [-0.2, -0.15) is 0 Å². The molecule has 2 rings (SSSR count). The third-order valence-electron chi connectivity index (χ3n) is 2.97. The van der Waals surface area contributed by atoms with Crippen LogP contribution in [0.3, 0.4) is 0 Å². The standard InChI is InChI=1S/C12H15F2IN2.ClH/c1-8-6-17(5-4-16-8)7-9-10(13)2-3-11(15)12(9)14;/h2-3,8,16H,4-7H2,1H3;1H. The molecule has 0 aliphatic carbocycles. The molecular formula is C12H16ClF2IN2. The Balaban J connectivity index is 0.00000162. The first-order chi connectivity index (χ1) is 8.08. The van der Waals surface area contributed by atoms with Gasteiger partial charge in [0.2, 0.25) is 0 Å². The van der Waals surface area contributed by atoms with Gasteiger partial charge in [-0.05, 0) is 41.6 Å².